The van der Waals surface area contributed by atoms with Crippen LogP contribution in [0.15, 0.2) is 0 Å². The number of carbonyl (C=O) groups excluding carboxylic acids is 1. The Balaban J connectivity index is 1.84. The van der Waals surface area contributed by atoms with Crippen molar-refractivity contribution in [3.8, 4) is 0 Å². The van der Waals surface area contributed by atoms with Gasteiger partial charge in [0.25, 0.3) is 0 Å². The number of hydrogen-bond donors (Lipinski definition) is 2. The fourth-order valence-electron chi connectivity index (χ4n) is 3.85. The maximum absolute atomic E-state index is 12.2. The molecule has 0 saturated heterocycles. The first-order valence-electron chi connectivity index (χ1n) is 8.69. The Hall–Kier alpha value is -0.220. The van der Waals surface area contributed by atoms with Gasteiger partial charge in [-0.1, -0.05) is 19.3 Å². The lowest BCUT2D eigenvalue weighted by molar-refractivity contribution is -0.126. The second kappa shape index (κ2) is 8.42. The molecule has 4 heteroatoms. The van der Waals surface area contributed by atoms with Crippen LogP contribution in [0.2, 0.25) is 0 Å². The standard InChI is InChI=1S/C17H32N2OS/c1-12(2)18-17(20)13-7-6-8-14(11-13)19-15-9-4-5-10-16(15)21-3/h12-16,19H,4-11H2,1-3H3,(H,18,20)/t13-,14+,15+,16-/m1/s1. The van der Waals surface area contributed by atoms with Crippen LogP contribution in [0.25, 0.3) is 0 Å². The molecule has 0 heterocycles. The molecule has 2 N–H and O–H groups in total. The van der Waals surface area contributed by atoms with Gasteiger partial charge in [-0.2, -0.15) is 11.8 Å². The molecule has 2 aliphatic carbocycles. The highest BCUT2D eigenvalue weighted by Crippen LogP contribution is 2.30. The van der Waals surface area contributed by atoms with E-state index in [0.29, 0.717) is 12.1 Å². The lowest BCUT2D eigenvalue weighted by atomic mass is 9.83. The third-order valence-electron chi connectivity index (χ3n) is 4.93. The van der Waals surface area contributed by atoms with Gasteiger partial charge in [0.15, 0.2) is 0 Å². The molecule has 3 nitrogen and oxygen atoms in total. The molecule has 0 bridgehead atoms. The minimum absolute atomic E-state index is 0.218. The van der Waals surface area contributed by atoms with Crippen LogP contribution in [-0.4, -0.2) is 35.5 Å². The summed E-state index contributed by atoms with van der Waals surface area (Å²) in [5.74, 6) is 0.483. The first-order chi connectivity index (χ1) is 10.1. The van der Waals surface area contributed by atoms with Gasteiger partial charge in [-0.25, -0.2) is 0 Å². The molecule has 0 unspecified atom stereocenters. The third kappa shape index (κ3) is 5.17. The first kappa shape index (κ1) is 17.1. The summed E-state index contributed by atoms with van der Waals surface area (Å²) in [7, 11) is 0. The van der Waals surface area contributed by atoms with Crippen LogP contribution in [0.1, 0.15) is 65.2 Å². The molecule has 1 amide bonds. The van der Waals surface area contributed by atoms with E-state index in [4.69, 9.17) is 0 Å². The summed E-state index contributed by atoms with van der Waals surface area (Å²) in [6.07, 6.45) is 12.2. The maximum Gasteiger partial charge on any atom is 0.223 e. The Morgan fingerprint density at radius 3 is 2.57 bits per heavy atom. The lowest BCUT2D eigenvalue weighted by Gasteiger charge is -2.37. The molecule has 122 valence electrons. The van der Waals surface area contributed by atoms with Crippen LogP contribution in [0, 0.1) is 5.92 Å². The fraction of sp³-hybridized carbons (Fsp3) is 0.941. The summed E-state index contributed by atoms with van der Waals surface area (Å²) in [5, 5.41) is 7.75. The number of nitrogens with one attached hydrogen (secondary N) is 2. The second-order valence-electron chi connectivity index (χ2n) is 7.06. The topological polar surface area (TPSA) is 41.1 Å². The summed E-state index contributed by atoms with van der Waals surface area (Å²) < 4.78 is 0. The second-order valence-corrected chi connectivity index (χ2v) is 8.13. The first-order valence-corrected chi connectivity index (χ1v) is 9.98. The summed E-state index contributed by atoms with van der Waals surface area (Å²) >= 11 is 2.02. The van der Waals surface area contributed by atoms with E-state index >= 15 is 0 Å². The van der Waals surface area contributed by atoms with Crippen LogP contribution >= 0.6 is 11.8 Å². The molecule has 0 aromatic carbocycles. The van der Waals surface area contributed by atoms with Crippen molar-refractivity contribution < 1.29 is 4.79 Å². The average molecular weight is 313 g/mol. The van der Waals surface area contributed by atoms with E-state index in [1.54, 1.807) is 0 Å². The van der Waals surface area contributed by atoms with E-state index in [2.05, 4.69) is 16.9 Å². The minimum Gasteiger partial charge on any atom is -0.354 e. The Kier molecular flexibility index (Phi) is 6.87. The van der Waals surface area contributed by atoms with Crippen LogP contribution in [0.3, 0.4) is 0 Å². The van der Waals surface area contributed by atoms with Crippen LogP contribution < -0.4 is 10.6 Å². The molecule has 2 fully saturated rings. The Bertz CT molecular complexity index is 335. The Labute approximate surface area is 134 Å². The molecule has 0 radical (unpaired) electrons. The van der Waals surface area contributed by atoms with Gasteiger partial charge in [-0.15, -0.1) is 0 Å². The molecule has 21 heavy (non-hydrogen) atoms. The SMILES string of the molecule is CS[C@@H]1CCCC[C@@H]1N[C@H]1CCC[C@@H](C(=O)NC(C)C)C1. The van der Waals surface area contributed by atoms with Crippen molar-refractivity contribution in [3.63, 3.8) is 0 Å². The zero-order chi connectivity index (χ0) is 15.2. The predicted octanol–water partition coefficient (Wildman–Crippen LogP) is 3.33. The Morgan fingerprint density at radius 1 is 1.10 bits per heavy atom. The van der Waals surface area contributed by atoms with Crippen molar-refractivity contribution in [1.29, 1.82) is 0 Å². The van der Waals surface area contributed by atoms with Crippen molar-refractivity contribution in [1.82, 2.24) is 10.6 Å². The number of hydrogen-bond acceptors (Lipinski definition) is 3. The van der Waals surface area contributed by atoms with Gasteiger partial charge in [0.2, 0.25) is 5.91 Å². The van der Waals surface area contributed by atoms with E-state index in [9.17, 15) is 4.79 Å². The molecule has 0 aromatic heterocycles. The molecule has 2 rings (SSSR count). The van der Waals surface area contributed by atoms with Crippen LogP contribution in [-0.2, 0) is 4.79 Å². The molecule has 2 aliphatic rings. The number of amides is 1. The zero-order valence-electron chi connectivity index (χ0n) is 13.9. The fourth-order valence-corrected chi connectivity index (χ4v) is 4.80. The molecular weight excluding hydrogens is 280 g/mol. The third-order valence-corrected chi connectivity index (χ3v) is 6.10. The largest absolute Gasteiger partial charge is 0.354 e. The van der Waals surface area contributed by atoms with E-state index < -0.39 is 0 Å². The Morgan fingerprint density at radius 2 is 1.86 bits per heavy atom. The van der Waals surface area contributed by atoms with Gasteiger partial charge in [-0.3, -0.25) is 4.79 Å². The number of rotatable bonds is 5. The quantitative estimate of drug-likeness (QED) is 0.818. The molecule has 0 aliphatic heterocycles. The van der Waals surface area contributed by atoms with Gasteiger partial charge < -0.3 is 10.6 Å². The van der Waals surface area contributed by atoms with Gasteiger partial charge in [-0.05, 0) is 52.2 Å². The average Bonchev–Trinajstić information content (AvgIpc) is 2.47. The highest BCUT2D eigenvalue weighted by atomic mass is 32.2. The molecule has 4 atom stereocenters. The van der Waals surface area contributed by atoms with Gasteiger partial charge in [0.05, 0.1) is 0 Å². The van der Waals surface area contributed by atoms with E-state index in [1.807, 2.05) is 25.6 Å². The molecule has 0 aromatic rings. The zero-order valence-corrected chi connectivity index (χ0v) is 14.7. The van der Waals surface area contributed by atoms with Gasteiger partial charge >= 0.3 is 0 Å². The minimum atomic E-state index is 0.218. The van der Waals surface area contributed by atoms with Crippen LogP contribution in [0.5, 0.6) is 0 Å². The summed E-state index contributed by atoms with van der Waals surface area (Å²) in [5.41, 5.74) is 0. The smallest absolute Gasteiger partial charge is 0.223 e. The van der Waals surface area contributed by atoms with Crippen molar-refractivity contribution in [3.05, 3.63) is 0 Å². The van der Waals surface area contributed by atoms with Crippen molar-refractivity contribution in [2.45, 2.75) is 88.6 Å². The molecule has 2 saturated carbocycles. The lowest BCUT2D eigenvalue weighted by Crippen LogP contribution is -2.49. The van der Waals surface area contributed by atoms with Gasteiger partial charge in [0, 0.05) is 29.3 Å². The number of thioether (sulfide) groups is 1. The highest BCUT2D eigenvalue weighted by molar-refractivity contribution is 7.99. The van der Waals surface area contributed by atoms with Crippen LogP contribution in [0.4, 0.5) is 0 Å². The van der Waals surface area contributed by atoms with E-state index in [1.165, 1.54) is 38.5 Å². The van der Waals surface area contributed by atoms with Crippen molar-refractivity contribution in [2.75, 3.05) is 6.26 Å². The summed E-state index contributed by atoms with van der Waals surface area (Å²) in [6, 6.07) is 1.45. The predicted molar refractivity (Wildman–Crippen MR) is 91.7 cm³/mol. The normalized spacial score (nSPS) is 33.9. The highest BCUT2D eigenvalue weighted by Gasteiger charge is 2.31. The molecular formula is C17H32N2OS. The van der Waals surface area contributed by atoms with Crippen molar-refractivity contribution >= 4 is 17.7 Å². The van der Waals surface area contributed by atoms with Gasteiger partial charge in [0.1, 0.15) is 0 Å². The van der Waals surface area contributed by atoms with E-state index in [-0.39, 0.29) is 17.9 Å². The monoisotopic (exact) mass is 312 g/mol. The summed E-state index contributed by atoms with van der Waals surface area (Å²) in [6.45, 7) is 4.09. The maximum atomic E-state index is 12.2. The van der Waals surface area contributed by atoms with E-state index in [0.717, 1.165) is 18.1 Å². The molecule has 0 spiro atoms. The number of carbonyl (C=O) groups is 1. The van der Waals surface area contributed by atoms with Crippen molar-refractivity contribution in [2.24, 2.45) is 5.92 Å². The summed E-state index contributed by atoms with van der Waals surface area (Å²) in [4.78, 5) is 12.2.